The molecule has 2 aliphatic heterocycles. The molecule has 0 N–H and O–H groups in total. The number of amides is 1. The van der Waals surface area contributed by atoms with Gasteiger partial charge in [-0.1, -0.05) is 34.1 Å². The number of halogens is 1. The molecule has 1 fully saturated rings. The quantitative estimate of drug-likeness (QED) is 0.788. The zero-order valence-corrected chi connectivity index (χ0v) is 14.5. The summed E-state index contributed by atoms with van der Waals surface area (Å²) in [5.74, 6) is 0.880. The first-order chi connectivity index (χ1) is 11.2. The van der Waals surface area contributed by atoms with Crippen molar-refractivity contribution in [1.82, 2.24) is 4.90 Å². The third-order valence-electron chi connectivity index (χ3n) is 4.95. The molecule has 0 spiro atoms. The number of methoxy groups -OCH3 is 1. The van der Waals surface area contributed by atoms with Crippen molar-refractivity contribution in [2.45, 2.75) is 24.8 Å². The minimum absolute atomic E-state index is 0.208. The first-order valence-electron chi connectivity index (χ1n) is 7.93. The van der Waals surface area contributed by atoms with Crippen LogP contribution in [0, 0.1) is 0 Å². The summed E-state index contributed by atoms with van der Waals surface area (Å²) < 4.78 is 6.43. The number of nitrogens with zero attached hydrogens (tertiary/aromatic N) is 1. The normalized spacial score (nSPS) is 22.7. The Bertz CT molecular complexity index is 756. The van der Waals surface area contributed by atoms with Gasteiger partial charge in [0.2, 0.25) is 5.91 Å². The van der Waals surface area contributed by atoms with Gasteiger partial charge in [0.25, 0.3) is 0 Å². The molecule has 1 saturated heterocycles. The second-order valence-electron chi connectivity index (χ2n) is 6.17. The first kappa shape index (κ1) is 14.8. The van der Waals surface area contributed by atoms with E-state index in [1.54, 1.807) is 7.11 Å². The molecule has 0 unspecified atom stereocenters. The first-order valence-corrected chi connectivity index (χ1v) is 8.72. The van der Waals surface area contributed by atoms with Gasteiger partial charge in [-0.3, -0.25) is 4.79 Å². The summed E-state index contributed by atoms with van der Waals surface area (Å²) in [4.78, 5) is 15.1. The third kappa shape index (κ3) is 2.36. The lowest BCUT2D eigenvalue weighted by molar-refractivity contribution is -0.133. The summed E-state index contributed by atoms with van der Waals surface area (Å²) in [5, 5.41) is 0. The standard InChI is InChI=1S/C19H18BrNO2/c1-23-14-8-9-15-16(11-14)17-3-2-10-21(17)19(22)18(15)12-4-6-13(20)7-5-12/h4-9,11,17-18H,2-3,10H2,1H3/t17-,18+/m1/s1. The minimum atomic E-state index is -0.210. The summed E-state index contributed by atoms with van der Waals surface area (Å²) in [6.07, 6.45) is 2.11. The molecule has 2 aliphatic rings. The van der Waals surface area contributed by atoms with E-state index in [2.05, 4.69) is 33.0 Å². The van der Waals surface area contributed by atoms with Crippen molar-refractivity contribution in [3.05, 3.63) is 63.6 Å². The summed E-state index contributed by atoms with van der Waals surface area (Å²) in [5.41, 5.74) is 3.42. The van der Waals surface area contributed by atoms with Crippen molar-refractivity contribution < 1.29 is 9.53 Å². The molecular formula is C19H18BrNO2. The van der Waals surface area contributed by atoms with E-state index in [1.807, 2.05) is 30.3 Å². The average Bonchev–Trinajstić information content (AvgIpc) is 3.07. The van der Waals surface area contributed by atoms with Crippen molar-refractivity contribution in [3.8, 4) is 5.75 Å². The van der Waals surface area contributed by atoms with Crippen LogP contribution in [-0.4, -0.2) is 24.5 Å². The van der Waals surface area contributed by atoms with E-state index in [-0.39, 0.29) is 17.9 Å². The van der Waals surface area contributed by atoms with Crippen molar-refractivity contribution in [1.29, 1.82) is 0 Å². The Hall–Kier alpha value is -1.81. The van der Waals surface area contributed by atoms with Crippen LogP contribution in [0.2, 0.25) is 0 Å². The Kier molecular flexibility index (Phi) is 3.64. The Morgan fingerprint density at radius 2 is 1.91 bits per heavy atom. The summed E-state index contributed by atoms with van der Waals surface area (Å²) in [6, 6.07) is 14.4. The van der Waals surface area contributed by atoms with Crippen LogP contribution in [0.4, 0.5) is 0 Å². The number of rotatable bonds is 2. The highest BCUT2D eigenvalue weighted by molar-refractivity contribution is 9.10. The lowest BCUT2D eigenvalue weighted by Crippen LogP contribution is -2.40. The maximum absolute atomic E-state index is 13.1. The van der Waals surface area contributed by atoms with E-state index in [4.69, 9.17) is 4.74 Å². The number of hydrogen-bond acceptors (Lipinski definition) is 2. The molecule has 0 bridgehead atoms. The summed E-state index contributed by atoms with van der Waals surface area (Å²) >= 11 is 3.47. The predicted molar refractivity (Wildman–Crippen MR) is 92.7 cm³/mol. The fourth-order valence-corrected chi connectivity index (χ4v) is 4.13. The topological polar surface area (TPSA) is 29.5 Å². The monoisotopic (exact) mass is 371 g/mol. The molecule has 118 valence electrons. The molecule has 0 radical (unpaired) electrons. The molecule has 4 rings (SSSR count). The van der Waals surface area contributed by atoms with Crippen LogP contribution >= 0.6 is 15.9 Å². The maximum atomic E-state index is 13.1. The van der Waals surface area contributed by atoms with Crippen molar-refractivity contribution in [2.75, 3.05) is 13.7 Å². The van der Waals surface area contributed by atoms with Crippen LogP contribution in [0.15, 0.2) is 46.9 Å². The second-order valence-corrected chi connectivity index (χ2v) is 7.08. The molecule has 2 atom stereocenters. The van der Waals surface area contributed by atoms with Gasteiger partial charge in [0.15, 0.2) is 0 Å². The minimum Gasteiger partial charge on any atom is -0.497 e. The Morgan fingerprint density at radius 1 is 1.13 bits per heavy atom. The highest BCUT2D eigenvalue weighted by Gasteiger charge is 2.42. The van der Waals surface area contributed by atoms with Crippen molar-refractivity contribution >= 4 is 21.8 Å². The second kappa shape index (κ2) is 5.68. The van der Waals surface area contributed by atoms with E-state index in [0.29, 0.717) is 0 Å². The zero-order valence-electron chi connectivity index (χ0n) is 13.0. The molecule has 0 saturated carbocycles. The molecule has 0 aromatic heterocycles. The number of carbonyl (C=O) groups excluding carboxylic acids is 1. The van der Waals surface area contributed by atoms with E-state index >= 15 is 0 Å². The van der Waals surface area contributed by atoms with Gasteiger partial charge in [-0.15, -0.1) is 0 Å². The van der Waals surface area contributed by atoms with Gasteiger partial charge < -0.3 is 9.64 Å². The highest BCUT2D eigenvalue weighted by atomic mass is 79.9. The van der Waals surface area contributed by atoms with E-state index in [1.165, 1.54) is 5.56 Å². The SMILES string of the molecule is COc1ccc2c(c1)[C@H]1CCCN1C(=O)[C@H]2c1ccc(Br)cc1. The summed E-state index contributed by atoms with van der Waals surface area (Å²) in [6.45, 7) is 0.854. The van der Waals surface area contributed by atoms with Crippen LogP contribution in [0.5, 0.6) is 5.75 Å². The molecular weight excluding hydrogens is 354 g/mol. The lowest BCUT2D eigenvalue weighted by Gasteiger charge is -2.37. The molecule has 23 heavy (non-hydrogen) atoms. The van der Waals surface area contributed by atoms with Gasteiger partial charge in [0, 0.05) is 11.0 Å². The fraction of sp³-hybridized carbons (Fsp3) is 0.316. The fourth-order valence-electron chi connectivity index (χ4n) is 3.86. The average molecular weight is 372 g/mol. The van der Waals surface area contributed by atoms with Gasteiger partial charge in [0.05, 0.1) is 19.1 Å². The smallest absolute Gasteiger partial charge is 0.235 e. The van der Waals surface area contributed by atoms with Gasteiger partial charge in [0.1, 0.15) is 5.75 Å². The van der Waals surface area contributed by atoms with Gasteiger partial charge in [-0.2, -0.15) is 0 Å². The van der Waals surface area contributed by atoms with E-state index in [0.717, 1.165) is 40.7 Å². The van der Waals surface area contributed by atoms with Crippen LogP contribution in [-0.2, 0) is 4.79 Å². The Labute approximate surface area is 144 Å². The molecule has 1 amide bonds. The molecule has 2 aromatic rings. The Balaban J connectivity index is 1.88. The van der Waals surface area contributed by atoms with E-state index < -0.39 is 0 Å². The molecule has 2 heterocycles. The van der Waals surface area contributed by atoms with Gasteiger partial charge in [-0.05, 0) is 53.8 Å². The van der Waals surface area contributed by atoms with Crippen molar-refractivity contribution in [2.24, 2.45) is 0 Å². The van der Waals surface area contributed by atoms with Crippen molar-refractivity contribution in [3.63, 3.8) is 0 Å². The molecule has 4 heteroatoms. The molecule has 2 aromatic carbocycles. The largest absolute Gasteiger partial charge is 0.497 e. The number of hydrogen-bond donors (Lipinski definition) is 0. The lowest BCUT2D eigenvalue weighted by atomic mass is 9.81. The summed E-state index contributed by atoms with van der Waals surface area (Å²) in [7, 11) is 1.69. The highest BCUT2D eigenvalue weighted by Crippen LogP contribution is 2.46. The van der Waals surface area contributed by atoms with Crippen LogP contribution < -0.4 is 4.74 Å². The maximum Gasteiger partial charge on any atom is 0.235 e. The molecule has 3 nitrogen and oxygen atoms in total. The number of ether oxygens (including phenoxy) is 1. The van der Waals surface area contributed by atoms with Crippen LogP contribution in [0.25, 0.3) is 0 Å². The van der Waals surface area contributed by atoms with Crippen LogP contribution in [0.1, 0.15) is 41.5 Å². The van der Waals surface area contributed by atoms with E-state index in [9.17, 15) is 4.79 Å². The number of carbonyl (C=O) groups is 1. The zero-order chi connectivity index (χ0) is 16.0. The Morgan fingerprint density at radius 3 is 2.65 bits per heavy atom. The molecule has 0 aliphatic carbocycles. The predicted octanol–water partition coefficient (Wildman–Crippen LogP) is 4.27. The number of benzene rings is 2. The number of fused-ring (bicyclic) bond motifs is 3. The van der Waals surface area contributed by atoms with Gasteiger partial charge >= 0.3 is 0 Å². The van der Waals surface area contributed by atoms with Crippen LogP contribution in [0.3, 0.4) is 0 Å². The third-order valence-corrected chi connectivity index (χ3v) is 5.48. The van der Waals surface area contributed by atoms with Gasteiger partial charge in [-0.25, -0.2) is 0 Å².